The molecule has 62 valence electrons. The van der Waals surface area contributed by atoms with Gasteiger partial charge in [-0.2, -0.15) is 0 Å². The molecule has 1 atom stereocenters. The maximum Gasteiger partial charge on any atom is 0.233 e. The van der Waals surface area contributed by atoms with Crippen molar-refractivity contribution in [3.8, 4) is 0 Å². The second-order valence-corrected chi connectivity index (χ2v) is 3.31. The Hall–Kier alpha value is -0.235. The van der Waals surface area contributed by atoms with E-state index in [1.807, 2.05) is 0 Å². The maximum atomic E-state index is 2.55. The number of hydrogen-bond donors (Lipinski definition) is 0. The molecule has 0 saturated heterocycles. The third-order valence-corrected chi connectivity index (χ3v) is 2.71. The molecule has 0 saturated carbocycles. The monoisotopic (exact) mass is 151 g/mol. The minimum atomic E-state index is 0.759. The van der Waals surface area contributed by atoms with Crippen molar-refractivity contribution in [3.63, 3.8) is 0 Å². The first-order chi connectivity index (χ1) is 5.29. The zero-order valence-corrected chi connectivity index (χ0v) is 7.88. The summed E-state index contributed by atoms with van der Waals surface area (Å²) in [5, 5.41) is 0. The van der Waals surface area contributed by atoms with Crippen molar-refractivity contribution in [2.75, 3.05) is 13.1 Å². The van der Waals surface area contributed by atoms with Crippen molar-refractivity contribution >= 4 is 6.85 Å². The van der Waals surface area contributed by atoms with E-state index in [9.17, 15) is 0 Å². The van der Waals surface area contributed by atoms with E-state index in [2.05, 4.69) is 37.7 Å². The van der Waals surface area contributed by atoms with Crippen LogP contribution in [0.1, 0.15) is 20.8 Å². The van der Waals surface area contributed by atoms with Crippen LogP contribution in [0, 0.1) is 0 Å². The van der Waals surface area contributed by atoms with Gasteiger partial charge >= 0.3 is 0 Å². The molecule has 0 radical (unpaired) electrons. The molecule has 0 bridgehead atoms. The van der Waals surface area contributed by atoms with Gasteiger partial charge in [0.15, 0.2) is 0 Å². The van der Waals surface area contributed by atoms with E-state index in [1.165, 1.54) is 19.4 Å². The molecular weight excluding hydrogens is 133 g/mol. The molecule has 0 aromatic carbocycles. The largest absolute Gasteiger partial charge is 0.342 e. The molecule has 0 spiro atoms. The molecule has 0 aromatic rings. The molecule has 0 N–H and O–H groups in total. The average molecular weight is 151 g/mol. The van der Waals surface area contributed by atoms with E-state index in [0.29, 0.717) is 0 Å². The Balaban J connectivity index is 2.46. The Labute approximate surface area is 70.6 Å². The maximum absolute atomic E-state index is 2.55. The Morgan fingerprint density at radius 1 is 1.45 bits per heavy atom. The van der Waals surface area contributed by atoms with Gasteiger partial charge in [0.25, 0.3) is 0 Å². The lowest BCUT2D eigenvalue weighted by Gasteiger charge is -2.26. The molecule has 1 aliphatic heterocycles. The Bertz CT molecular complexity index is 140. The lowest BCUT2D eigenvalue weighted by molar-refractivity contribution is 0.475. The van der Waals surface area contributed by atoms with Gasteiger partial charge < -0.3 is 4.81 Å². The first kappa shape index (κ1) is 8.86. The summed E-state index contributed by atoms with van der Waals surface area (Å²) in [6, 6.07) is 0. The van der Waals surface area contributed by atoms with Gasteiger partial charge in [0.05, 0.1) is 0 Å². The minimum absolute atomic E-state index is 0.759. The van der Waals surface area contributed by atoms with E-state index >= 15 is 0 Å². The first-order valence-electron chi connectivity index (χ1n) is 4.70. The molecule has 2 heteroatoms. The molecule has 1 rings (SSSR count). The predicted octanol–water partition coefficient (Wildman–Crippen LogP) is 2.28. The fourth-order valence-electron chi connectivity index (χ4n) is 1.95. The molecule has 0 aromatic heterocycles. The van der Waals surface area contributed by atoms with Crippen LogP contribution in [0.2, 0.25) is 12.1 Å². The van der Waals surface area contributed by atoms with Crippen LogP contribution in [0.4, 0.5) is 0 Å². The summed E-state index contributed by atoms with van der Waals surface area (Å²) >= 11 is 0. The average Bonchev–Trinajstić information content (AvgIpc) is 2.40. The third-order valence-electron chi connectivity index (χ3n) is 2.71. The summed E-state index contributed by atoms with van der Waals surface area (Å²) in [5.74, 6) is 0.759. The van der Waals surface area contributed by atoms with E-state index < -0.39 is 0 Å². The molecule has 1 aliphatic rings. The van der Waals surface area contributed by atoms with Gasteiger partial charge in [-0.15, -0.1) is 0 Å². The number of rotatable bonds is 3. The normalized spacial score (nSPS) is 23.6. The Kier molecular flexibility index (Phi) is 3.19. The molecule has 1 nitrogen and oxygen atoms in total. The number of hydrogen-bond acceptors (Lipinski definition) is 1. The van der Waals surface area contributed by atoms with E-state index in [1.54, 1.807) is 0 Å². The van der Waals surface area contributed by atoms with Crippen LogP contribution < -0.4 is 0 Å². The lowest BCUT2D eigenvalue weighted by atomic mass is 9.51. The van der Waals surface area contributed by atoms with Crippen LogP contribution in [0.3, 0.4) is 0 Å². The van der Waals surface area contributed by atoms with Crippen LogP contribution in [0.25, 0.3) is 0 Å². The lowest BCUT2D eigenvalue weighted by Crippen LogP contribution is -2.39. The van der Waals surface area contributed by atoms with E-state index in [-0.39, 0.29) is 0 Å². The van der Waals surface area contributed by atoms with Gasteiger partial charge in [0.1, 0.15) is 0 Å². The molecule has 1 unspecified atom stereocenters. The Morgan fingerprint density at radius 2 is 2.09 bits per heavy atom. The molecule has 11 heavy (non-hydrogen) atoms. The van der Waals surface area contributed by atoms with Crippen LogP contribution >= 0.6 is 0 Å². The van der Waals surface area contributed by atoms with E-state index in [0.717, 1.165) is 12.7 Å². The summed E-state index contributed by atoms with van der Waals surface area (Å²) in [5.41, 5.74) is 0. The van der Waals surface area contributed by atoms with Gasteiger partial charge in [-0.3, -0.25) is 0 Å². The van der Waals surface area contributed by atoms with Crippen LogP contribution in [-0.2, 0) is 0 Å². The zero-order chi connectivity index (χ0) is 8.27. The van der Waals surface area contributed by atoms with Gasteiger partial charge in [0, 0.05) is 0 Å². The molecule has 0 fully saturated rings. The van der Waals surface area contributed by atoms with E-state index in [4.69, 9.17) is 0 Å². The van der Waals surface area contributed by atoms with Crippen molar-refractivity contribution < 1.29 is 0 Å². The number of allylic oxidation sites excluding steroid dienone is 2. The third kappa shape index (κ3) is 1.87. The highest BCUT2D eigenvalue weighted by Crippen LogP contribution is 2.24. The van der Waals surface area contributed by atoms with Crippen LogP contribution in [-0.4, -0.2) is 24.7 Å². The summed E-state index contributed by atoms with van der Waals surface area (Å²) in [6.45, 7) is 9.96. The quantitative estimate of drug-likeness (QED) is 0.441. The zero-order valence-electron chi connectivity index (χ0n) is 7.88. The van der Waals surface area contributed by atoms with Gasteiger partial charge in [0.2, 0.25) is 6.85 Å². The SMILES string of the molecule is CCN(CC)B1CC=CC1C. The van der Waals surface area contributed by atoms with Crippen molar-refractivity contribution in [2.24, 2.45) is 0 Å². The predicted molar refractivity (Wildman–Crippen MR) is 52.0 cm³/mol. The standard InChI is InChI=1S/C9H18BN/c1-4-11(5-2)10-8-6-7-9(10)3/h6-7,9H,4-5,8H2,1-3H3. The summed E-state index contributed by atoms with van der Waals surface area (Å²) in [7, 11) is 0. The second kappa shape index (κ2) is 3.96. The fraction of sp³-hybridized carbons (Fsp3) is 0.778. The van der Waals surface area contributed by atoms with Crippen LogP contribution in [0.15, 0.2) is 12.2 Å². The van der Waals surface area contributed by atoms with Crippen LogP contribution in [0.5, 0.6) is 0 Å². The summed E-state index contributed by atoms with van der Waals surface area (Å²) in [6.07, 6.45) is 5.90. The topological polar surface area (TPSA) is 3.24 Å². The molecule has 1 heterocycles. The minimum Gasteiger partial charge on any atom is -0.342 e. The van der Waals surface area contributed by atoms with Crippen molar-refractivity contribution in [1.29, 1.82) is 0 Å². The highest BCUT2D eigenvalue weighted by atomic mass is 15.0. The smallest absolute Gasteiger partial charge is 0.233 e. The van der Waals surface area contributed by atoms with Crippen molar-refractivity contribution in [3.05, 3.63) is 12.2 Å². The highest BCUT2D eigenvalue weighted by Gasteiger charge is 2.27. The molecule has 0 aliphatic carbocycles. The van der Waals surface area contributed by atoms with Crippen molar-refractivity contribution in [1.82, 2.24) is 4.81 Å². The highest BCUT2D eigenvalue weighted by molar-refractivity contribution is 6.59. The summed E-state index contributed by atoms with van der Waals surface area (Å²) in [4.78, 5) is 2.55. The van der Waals surface area contributed by atoms with Gasteiger partial charge in [-0.25, -0.2) is 0 Å². The van der Waals surface area contributed by atoms with Gasteiger partial charge in [-0.05, 0) is 25.2 Å². The number of nitrogens with zero attached hydrogens (tertiary/aromatic N) is 1. The Morgan fingerprint density at radius 3 is 2.45 bits per heavy atom. The summed E-state index contributed by atoms with van der Waals surface area (Å²) < 4.78 is 0. The van der Waals surface area contributed by atoms with Crippen molar-refractivity contribution in [2.45, 2.75) is 32.9 Å². The second-order valence-electron chi connectivity index (χ2n) is 3.31. The first-order valence-corrected chi connectivity index (χ1v) is 4.70. The van der Waals surface area contributed by atoms with Gasteiger partial charge in [-0.1, -0.05) is 32.9 Å². The fourth-order valence-corrected chi connectivity index (χ4v) is 1.95. The molecule has 0 amide bonds. The molecular formula is C9H18BN.